The minimum Gasteiger partial charge on any atom is -0.394 e. The zero-order valence-electron chi connectivity index (χ0n) is 17.4. The van der Waals surface area contributed by atoms with Gasteiger partial charge < -0.3 is 24.6 Å². The van der Waals surface area contributed by atoms with Crippen molar-refractivity contribution >= 4 is 5.69 Å². The smallest absolute Gasteiger partial charge is 0.189 e. The van der Waals surface area contributed by atoms with Crippen molar-refractivity contribution in [3.05, 3.63) is 29.8 Å². The lowest BCUT2D eigenvalue weighted by Gasteiger charge is -2.65. The Hall–Kier alpha value is -1.18. The van der Waals surface area contributed by atoms with Gasteiger partial charge in [-0.3, -0.25) is 4.90 Å². The largest absolute Gasteiger partial charge is 0.394 e. The van der Waals surface area contributed by atoms with Gasteiger partial charge in [-0.25, -0.2) is 0 Å². The third-order valence-electron chi connectivity index (χ3n) is 10.3. The molecule has 5 saturated heterocycles. The van der Waals surface area contributed by atoms with Gasteiger partial charge >= 0.3 is 0 Å². The molecule has 8 rings (SSSR count). The first-order chi connectivity index (χ1) is 14.6. The molecule has 10 atom stereocenters. The zero-order chi connectivity index (χ0) is 20.0. The van der Waals surface area contributed by atoms with Crippen molar-refractivity contribution in [1.82, 2.24) is 4.90 Å². The molecule has 160 valence electrons. The van der Waals surface area contributed by atoms with E-state index in [0.717, 1.165) is 13.0 Å². The van der Waals surface area contributed by atoms with Crippen LogP contribution in [-0.2, 0) is 14.9 Å². The van der Waals surface area contributed by atoms with Crippen molar-refractivity contribution < 1.29 is 19.7 Å². The lowest BCUT2D eigenvalue weighted by molar-refractivity contribution is -0.287. The molecule has 1 aromatic rings. The van der Waals surface area contributed by atoms with Crippen LogP contribution in [0.4, 0.5) is 5.69 Å². The number of rotatable bonds is 2. The second-order valence-corrected chi connectivity index (χ2v) is 10.9. The summed E-state index contributed by atoms with van der Waals surface area (Å²) < 4.78 is 13.4. The van der Waals surface area contributed by atoms with E-state index in [2.05, 4.69) is 41.0 Å². The molecule has 2 unspecified atom stereocenters. The highest BCUT2D eigenvalue weighted by Crippen LogP contribution is 2.75. The summed E-state index contributed by atoms with van der Waals surface area (Å²) in [5.41, 5.74) is 2.20. The number of para-hydroxylation sites is 1. The molecule has 0 radical (unpaired) electrons. The van der Waals surface area contributed by atoms with E-state index in [4.69, 9.17) is 9.47 Å². The molecule has 6 fully saturated rings. The summed E-state index contributed by atoms with van der Waals surface area (Å²) >= 11 is 0. The molecule has 1 saturated carbocycles. The molecule has 2 spiro atoms. The van der Waals surface area contributed by atoms with E-state index in [1.807, 2.05) is 0 Å². The molecule has 0 amide bonds. The second kappa shape index (κ2) is 5.07. The van der Waals surface area contributed by atoms with Crippen LogP contribution in [0.5, 0.6) is 0 Å². The number of benzene rings is 1. The van der Waals surface area contributed by atoms with Crippen LogP contribution in [0, 0.1) is 17.8 Å². The molecule has 7 aliphatic rings. The highest BCUT2D eigenvalue weighted by molar-refractivity contribution is 5.72. The zero-order valence-corrected chi connectivity index (χ0v) is 17.4. The summed E-state index contributed by atoms with van der Waals surface area (Å²) in [6.07, 6.45) is 3.39. The van der Waals surface area contributed by atoms with E-state index in [9.17, 15) is 10.2 Å². The van der Waals surface area contributed by atoms with Crippen molar-refractivity contribution in [2.75, 3.05) is 24.6 Å². The van der Waals surface area contributed by atoms with Gasteiger partial charge in [0.2, 0.25) is 0 Å². The molecule has 1 aliphatic carbocycles. The summed E-state index contributed by atoms with van der Waals surface area (Å²) in [5, 5.41) is 21.9. The Morgan fingerprint density at radius 3 is 2.93 bits per heavy atom. The van der Waals surface area contributed by atoms with Gasteiger partial charge in [-0.05, 0) is 42.9 Å². The summed E-state index contributed by atoms with van der Waals surface area (Å²) in [6, 6.07) is 9.12. The van der Waals surface area contributed by atoms with Gasteiger partial charge in [0, 0.05) is 30.6 Å². The fourth-order valence-corrected chi connectivity index (χ4v) is 9.59. The van der Waals surface area contributed by atoms with Crippen LogP contribution in [0.25, 0.3) is 0 Å². The van der Waals surface area contributed by atoms with E-state index in [1.165, 1.54) is 30.6 Å². The Morgan fingerprint density at radius 2 is 2.10 bits per heavy atom. The average molecular weight is 411 g/mol. The fourth-order valence-electron chi connectivity index (χ4n) is 9.59. The molecule has 0 aromatic heterocycles. The second-order valence-electron chi connectivity index (χ2n) is 10.9. The van der Waals surface area contributed by atoms with Gasteiger partial charge in [-0.15, -0.1) is 0 Å². The molecule has 1 aromatic carbocycles. The summed E-state index contributed by atoms with van der Waals surface area (Å²) in [6.45, 7) is 4.52. The maximum Gasteiger partial charge on any atom is 0.189 e. The first-order valence-corrected chi connectivity index (χ1v) is 11.9. The van der Waals surface area contributed by atoms with Gasteiger partial charge in [0.15, 0.2) is 11.5 Å². The summed E-state index contributed by atoms with van der Waals surface area (Å²) in [5.74, 6) is 0.179. The quantitative estimate of drug-likeness (QED) is 0.769. The van der Waals surface area contributed by atoms with Crippen LogP contribution in [0.3, 0.4) is 0 Å². The van der Waals surface area contributed by atoms with Crippen LogP contribution in [0.15, 0.2) is 24.3 Å². The minimum atomic E-state index is -1.25. The molecule has 6 heteroatoms. The summed E-state index contributed by atoms with van der Waals surface area (Å²) in [4.78, 5) is 5.23. The number of anilines is 1. The monoisotopic (exact) mass is 410 g/mol. The van der Waals surface area contributed by atoms with Crippen molar-refractivity contribution in [3.8, 4) is 0 Å². The number of fused-ring (bicyclic) bond motifs is 3. The predicted octanol–water partition coefficient (Wildman–Crippen LogP) is 1.44. The Kier molecular flexibility index (Phi) is 2.94. The molecule has 4 bridgehead atoms. The van der Waals surface area contributed by atoms with Gasteiger partial charge in [-0.2, -0.15) is 0 Å². The highest BCUT2D eigenvalue weighted by Gasteiger charge is 2.86. The average Bonchev–Trinajstić information content (AvgIpc) is 3.43. The molecule has 6 nitrogen and oxygen atoms in total. The lowest BCUT2D eigenvalue weighted by atomic mass is 9.50. The standard InChI is InChI=1S/C24H30N2O4/c1-2-13-11-25-8-7-22-15-5-3-4-6-17(15)26-21-20-18(12-27)29-23(21,28)10-16(24(22,26)30-20)14(13)9-19(22)25/h3-6,13-14,16,18-21,27-28H,2,7-12H2,1H3/t13-,14+,16+,18?,19+,20?,21+,22-,23-,24-/m1/s1. The maximum absolute atomic E-state index is 11.8. The van der Waals surface area contributed by atoms with Gasteiger partial charge in [0.25, 0.3) is 0 Å². The first-order valence-electron chi connectivity index (χ1n) is 11.9. The SMILES string of the molecule is CC[C@@H]1CN2CC[C@]34c5ccccc5N5[C@H]6C7O[C@@]53[C@@H](C[C@@]6(O)OC7CO)[C@H]1C[C@H]24. The Bertz CT molecular complexity index is 957. The van der Waals surface area contributed by atoms with Crippen LogP contribution >= 0.6 is 0 Å². The molecular formula is C24H30N2O4. The van der Waals surface area contributed by atoms with E-state index < -0.39 is 17.6 Å². The van der Waals surface area contributed by atoms with Gasteiger partial charge in [0.1, 0.15) is 18.2 Å². The van der Waals surface area contributed by atoms with Crippen LogP contribution in [-0.4, -0.2) is 70.6 Å². The minimum absolute atomic E-state index is 0.0465. The molecule has 6 aliphatic heterocycles. The molecule has 2 N–H and O–H groups in total. The Balaban J connectivity index is 1.44. The van der Waals surface area contributed by atoms with Gasteiger partial charge in [-0.1, -0.05) is 31.5 Å². The number of nitrogens with zero attached hydrogens (tertiary/aromatic N) is 2. The number of aliphatic hydroxyl groups is 2. The number of aliphatic hydroxyl groups excluding tert-OH is 1. The summed E-state index contributed by atoms with van der Waals surface area (Å²) in [7, 11) is 0. The maximum atomic E-state index is 11.8. The van der Waals surface area contributed by atoms with E-state index in [1.54, 1.807) is 0 Å². The van der Waals surface area contributed by atoms with Crippen LogP contribution < -0.4 is 4.90 Å². The lowest BCUT2D eigenvalue weighted by Crippen LogP contribution is -2.77. The molecule has 30 heavy (non-hydrogen) atoms. The number of hydrogen-bond donors (Lipinski definition) is 2. The molecule has 6 heterocycles. The topological polar surface area (TPSA) is 65.4 Å². The van der Waals surface area contributed by atoms with Crippen molar-refractivity contribution in [1.29, 1.82) is 0 Å². The Labute approximate surface area is 176 Å². The predicted molar refractivity (Wildman–Crippen MR) is 109 cm³/mol. The van der Waals surface area contributed by atoms with Crippen molar-refractivity contribution in [2.45, 2.75) is 73.8 Å². The number of hydrogen-bond acceptors (Lipinski definition) is 6. The van der Waals surface area contributed by atoms with Crippen molar-refractivity contribution in [2.24, 2.45) is 17.8 Å². The number of piperidine rings is 2. The third kappa shape index (κ3) is 1.48. The van der Waals surface area contributed by atoms with E-state index >= 15 is 0 Å². The van der Waals surface area contributed by atoms with Crippen LogP contribution in [0.2, 0.25) is 0 Å². The van der Waals surface area contributed by atoms with Crippen molar-refractivity contribution in [3.63, 3.8) is 0 Å². The fraction of sp³-hybridized carbons (Fsp3) is 0.750. The van der Waals surface area contributed by atoms with E-state index in [0.29, 0.717) is 24.3 Å². The third-order valence-corrected chi connectivity index (χ3v) is 10.3. The Morgan fingerprint density at radius 1 is 1.23 bits per heavy atom. The normalized spacial score (nSPS) is 56.4. The molecular weight excluding hydrogens is 380 g/mol. The number of ether oxygens (including phenoxy) is 2. The highest BCUT2D eigenvalue weighted by atomic mass is 16.7. The van der Waals surface area contributed by atoms with E-state index in [-0.39, 0.29) is 30.1 Å². The van der Waals surface area contributed by atoms with Gasteiger partial charge in [0.05, 0.1) is 12.0 Å². The van der Waals surface area contributed by atoms with Crippen LogP contribution in [0.1, 0.15) is 38.2 Å². The first kappa shape index (κ1) is 17.4.